The molecular weight excluding hydrogens is 337 g/mol. The minimum Gasteiger partial charge on any atom is -0.496 e. The van der Waals surface area contributed by atoms with E-state index >= 15 is 0 Å². The van der Waals surface area contributed by atoms with Crippen LogP contribution in [0.2, 0.25) is 0 Å². The Morgan fingerprint density at radius 1 is 1.43 bits per heavy atom. The first-order valence-corrected chi connectivity index (χ1v) is 7.70. The molecule has 0 saturated carbocycles. The number of nitrogens with one attached hydrogen (secondary N) is 1. The summed E-state index contributed by atoms with van der Waals surface area (Å²) in [7, 11) is 1.55. The molecule has 0 amide bonds. The zero-order valence-electron chi connectivity index (χ0n) is 12.4. The van der Waals surface area contributed by atoms with E-state index in [-0.39, 0.29) is 11.9 Å². The van der Waals surface area contributed by atoms with Gasteiger partial charge in [0.25, 0.3) is 0 Å². The fourth-order valence-electron chi connectivity index (χ4n) is 2.43. The minimum atomic E-state index is -0.331. The van der Waals surface area contributed by atoms with Crippen molar-refractivity contribution in [3.8, 4) is 5.75 Å². The molecule has 4 nitrogen and oxygen atoms in total. The summed E-state index contributed by atoms with van der Waals surface area (Å²) in [5.74, 6) is 0.229. The van der Waals surface area contributed by atoms with Crippen molar-refractivity contribution in [1.82, 2.24) is 15.1 Å². The summed E-state index contributed by atoms with van der Waals surface area (Å²) in [6.45, 7) is 5.40. The number of ether oxygens (including phenoxy) is 1. The summed E-state index contributed by atoms with van der Waals surface area (Å²) in [6.07, 6.45) is 1.73. The van der Waals surface area contributed by atoms with E-state index in [0.29, 0.717) is 24.4 Å². The van der Waals surface area contributed by atoms with E-state index < -0.39 is 0 Å². The van der Waals surface area contributed by atoms with E-state index in [1.807, 2.05) is 18.5 Å². The van der Waals surface area contributed by atoms with Gasteiger partial charge in [-0.2, -0.15) is 5.10 Å². The number of benzene rings is 1. The fourth-order valence-corrected chi connectivity index (χ4v) is 2.95. The van der Waals surface area contributed by atoms with Gasteiger partial charge in [-0.15, -0.1) is 0 Å². The number of halogens is 2. The van der Waals surface area contributed by atoms with Crippen LogP contribution in [0.15, 0.2) is 28.9 Å². The lowest BCUT2D eigenvalue weighted by molar-refractivity contribution is 0.394. The average Bonchev–Trinajstić information content (AvgIpc) is 2.86. The summed E-state index contributed by atoms with van der Waals surface area (Å²) < 4.78 is 22.4. The maximum Gasteiger partial charge on any atom is 0.132 e. The fraction of sp³-hybridized carbons (Fsp3) is 0.400. The molecule has 1 heterocycles. The van der Waals surface area contributed by atoms with Crippen molar-refractivity contribution in [2.45, 2.75) is 26.4 Å². The Balaban J connectivity index is 2.61. The van der Waals surface area contributed by atoms with Crippen LogP contribution in [0.5, 0.6) is 5.75 Å². The predicted molar refractivity (Wildman–Crippen MR) is 84.1 cm³/mol. The molecule has 0 aliphatic heterocycles. The van der Waals surface area contributed by atoms with Crippen molar-refractivity contribution in [2.24, 2.45) is 0 Å². The monoisotopic (exact) mass is 355 g/mol. The van der Waals surface area contributed by atoms with Crippen LogP contribution in [0.1, 0.15) is 31.1 Å². The molecule has 21 heavy (non-hydrogen) atoms. The Morgan fingerprint density at radius 3 is 2.81 bits per heavy atom. The SMILES string of the molecule is CCNC(c1c(F)cccc1OC)c1c(Br)cnn1CC. The highest BCUT2D eigenvalue weighted by Crippen LogP contribution is 2.35. The molecule has 1 unspecified atom stereocenters. The van der Waals surface area contributed by atoms with E-state index in [4.69, 9.17) is 4.74 Å². The first-order valence-electron chi connectivity index (χ1n) is 6.90. The summed E-state index contributed by atoms with van der Waals surface area (Å²) >= 11 is 3.51. The second kappa shape index (κ2) is 7.04. The maximum atomic E-state index is 14.4. The summed E-state index contributed by atoms with van der Waals surface area (Å²) in [5, 5.41) is 7.64. The van der Waals surface area contributed by atoms with E-state index in [1.165, 1.54) is 6.07 Å². The first-order chi connectivity index (χ1) is 10.1. The quantitative estimate of drug-likeness (QED) is 0.861. The molecule has 2 rings (SSSR count). The largest absolute Gasteiger partial charge is 0.496 e. The Morgan fingerprint density at radius 2 is 2.19 bits per heavy atom. The highest BCUT2D eigenvalue weighted by atomic mass is 79.9. The Labute approximate surface area is 132 Å². The van der Waals surface area contributed by atoms with Gasteiger partial charge in [-0.05, 0) is 41.5 Å². The number of nitrogens with zero attached hydrogens (tertiary/aromatic N) is 2. The van der Waals surface area contributed by atoms with Gasteiger partial charge in [0.1, 0.15) is 11.6 Å². The summed E-state index contributed by atoms with van der Waals surface area (Å²) in [6, 6.07) is 4.53. The highest BCUT2D eigenvalue weighted by Gasteiger charge is 2.26. The molecule has 114 valence electrons. The van der Waals surface area contributed by atoms with E-state index in [2.05, 4.69) is 26.3 Å². The first kappa shape index (κ1) is 16.0. The maximum absolute atomic E-state index is 14.4. The molecule has 0 aliphatic carbocycles. The van der Waals surface area contributed by atoms with Crippen molar-refractivity contribution >= 4 is 15.9 Å². The van der Waals surface area contributed by atoms with Gasteiger partial charge in [0.2, 0.25) is 0 Å². The number of rotatable bonds is 6. The number of aryl methyl sites for hydroxylation is 1. The second-order valence-electron chi connectivity index (χ2n) is 4.54. The van der Waals surface area contributed by atoms with Crippen LogP contribution in [-0.4, -0.2) is 23.4 Å². The van der Waals surface area contributed by atoms with Gasteiger partial charge >= 0.3 is 0 Å². The van der Waals surface area contributed by atoms with Crippen molar-refractivity contribution in [2.75, 3.05) is 13.7 Å². The van der Waals surface area contributed by atoms with Crippen molar-refractivity contribution in [1.29, 1.82) is 0 Å². The van der Waals surface area contributed by atoms with Gasteiger partial charge in [-0.25, -0.2) is 4.39 Å². The van der Waals surface area contributed by atoms with Crippen LogP contribution < -0.4 is 10.1 Å². The molecule has 0 bridgehead atoms. The molecule has 1 atom stereocenters. The predicted octanol–water partition coefficient (Wildman–Crippen LogP) is 3.51. The second-order valence-corrected chi connectivity index (χ2v) is 5.39. The summed E-state index contributed by atoms with van der Waals surface area (Å²) in [4.78, 5) is 0. The topological polar surface area (TPSA) is 39.1 Å². The number of hydrogen-bond donors (Lipinski definition) is 1. The molecule has 2 aromatic rings. The zero-order chi connectivity index (χ0) is 15.4. The molecule has 1 aromatic carbocycles. The molecule has 1 aromatic heterocycles. The molecule has 6 heteroatoms. The Hall–Kier alpha value is -1.40. The Kier molecular flexibility index (Phi) is 5.36. The zero-order valence-corrected chi connectivity index (χ0v) is 13.9. The van der Waals surface area contributed by atoms with Crippen molar-refractivity contribution < 1.29 is 9.13 Å². The lowest BCUT2D eigenvalue weighted by Gasteiger charge is -2.22. The van der Waals surface area contributed by atoms with Crippen LogP contribution in [0.25, 0.3) is 0 Å². The lowest BCUT2D eigenvalue weighted by atomic mass is 10.0. The molecule has 0 spiro atoms. The molecule has 0 radical (unpaired) electrons. The third-order valence-electron chi connectivity index (χ3n) is 3.34. The van der Waals surface area contributed by atoms with Gasteiger partial charge in [0.05, 0.1) is 35.1 Å². The molecule has 0 fully saturated rings. The van der Waals surface area contributed by atoms with Crippen molar-refractivity contribution in [3.05, 3.63) is 45.9 Å². The normalized spacial score (nSPS) is 12.4. The number of aromatic nitrogens is 2. The molecule has 0 saturated heterocycles. The van der Waals surface area contributed by atoms with Gasteiger partial charge in [-0.3, -0.25) is 4.68 Å². The van der Waals surface area contributed by atoms with E-state index in [9.17, 15) is 4.39 Å². The molecule has 0 aliphatic rings. The minimum absolute atomic E-state index is 0.295. The van der Waals surface area contributed by atoms with Crippen LogP contribution in [-0.2, 0) is 6.54 Å². The van der Waals surface area contributed by atoms with E-state index in [1.54, 1.807) is 25.4 Å². The third kappa shape index (κ3) is 3.11. The highest BCUT2D eigenvalue weighted by molar-refractivity contribution is 9.10. The van der Waals surface area contributed by atoms with Crippen molar-refractivity contribution in [3.63, 3.8) is 0 Å². The molecular formula is C15H19BrFN3O. The van der Waals surface area contributed by atoms with E-state index in [0.717, 1.165) is 10.2 Å². The van der Waals surface area contributed by atoms with Gasteiger partial charge in [-0.1, -0.05) is 13.0 Å². The number of hydrogen-bond acceptors (Lipinski definition) is 3. The molecule has 1 N–H and O–H groups in total. The summed E-state index contributed by atoms with van der Waals surface area (Å²) in [5.41, 5.74) is 1.39. The third-order valence-corrected chi connectivity index (χ3v) is 3.95. The van der Waals surface area contributed by atoms with Gasteiger partial charge < -0.3 is 10.1 Å². The van der Waals surface area contributed by atoms with Crippen LogP contribution in [0.4, 0.5) is 4.39 Å². The average molecular weight is 356 g/mol. The van der Waals surface area contributed by atoms with Gasteiger partial charge in [0, 0.05) is 6.54 Å². The lowest BCUT2D eigenvalue weighted by Crippen LogP contribution is -2.26. The smallest absolute Gasteiger partial charge is 0.132 e. The Bertz CT molecular complexity index is 615. The van der Waals surface area contributed by atoms with Crippen LogP contribution >= 0.6 is 15.9 Å². The van der Waals surface area contributed by atoms with Crippen LogP contribution in [0.3, 0.4) is 0 Å². The van der Waals surface area contributed by atoms with Crippen LogP contribution in [0, 0.1) is 5.82 Å². The standard InChI is InChI=1S/C15H19BrFN3O/c1-4-18-14(15-10(16)9-19-20(15)5-2)13-11(17)7-6-8-12(13)21-3/h6-9,14,18H,4-5H2,1-3H3. The van der Waals surface area contributed by atoms with Gasteiger partial charge in [0.15, 0.2) is 0 Å². The number of methoxy groups -OCH3 is 1.